The fourth-order valence-electron chi connectivity index (χ4n) is 1.62. The maximum absolute atomic E-state index is 11.3. The van der Waals surface area contributed by atoms with Crippen molar-refractivity contribution in [2.45, 2.75) is 19.3 Å². The molecule has 0 bridgehead atoms. The molecule has 1 atom stereocenters. The fraction of sp³-hybridized carbons (Fsp3) is 0.250. The van der Waals surface area contributed by atoms with Crippen molar-refractivity contribution in [3.63, 3.8) is 0 Å². The standard InChI is InChI=1S/C12H11ClN2O2S/c1-7-14-15-11(18-7)9(12(16)17)6-8-4-2-3-5-10(8)13/h2-5,9H,6H2,1H3,(H,16,17). The van der Waals surface area contributed by atoms with Crippen LogP contribution in [0.2, 0.25) is 5.02 Å². The van der Waals surface area contributed by atoms with Gasteiger partial charge in [0.2, 0.25) is 0 Å². The van der Waals surface area contributed by atoms with Gasteiger partial charge in [-0.05, 0) is 25.0 Å². The lowest BCUT2D eigenvalue weighted by molar-refractivity contribution is -0.138. The predicted molar refractivity (Wildman–Crippen MR) is 70.2 cm³/mol. The van der Waals surface area contributed by atoms with Crippen LogP contribution in [-0.4, -0.2) is 21.3 Å². The normalized spacial score (nSPS) is 12.3. The summed E-state index contributed by atoms with van der Waals surface area (Å²) in [5.74, 6) is -1.61. The summed E-state index contributed by atoms with van der Waals surface area (Å²) < 4.78 is 0. The molecule has 2 rings (SSSR count). The van der Waals surface area contributed by atoms with Crippen molar-refractivity contribution in [1.82, 2.24) is 10.2 Å². The molecule has 18 heavy (non-hydrogen) atoms. The van der Waals surface area contributed by atoms with E-state index in [9.17, 15) is 9.90 Å². The highest BCUT2D eigenvalue weighted by molar-refractivity contribution is 7.11. The molecular formula is C12H11ClN2O2S. The summed E-state index contributed by atoms with van der Waals surface area (Å²) in [5.41, 5.74) is 0.805. The van der Waals surface area contributed by atoms with Gasteiger partial charge in [-0.1, -0.05) is 29.8 Å². The first-order valence-electron chi connectivity index (χ1n) is 5.34. The van der Waals surface area contributed by atoms with E-state index in [1.54, 1.807) is 13.0 Å². The minimum atomic E-state index is -0.911. The minimum absolute atomic E-state index is 0.323. The van der Waals surface area contributed by atoms with Crippen LogP contribution >= 0.6 is 22.9 Å². The Morgan fingerprint density at radius 3 is 2.72 bits per heavy atom. The molecule has 0 aliphatic rings. The fourth-order valence-corrected chi connectivity index (χ4v) is 2.62. The molecule has 0 spiro atoms. The zero-order chi connectivity index (χ0) is 13.1. The zero-order valence-electron chi connectivity index (χ0n) is 9.63. The lowest BCUT2D eigenvalue weighted by atomic mass is 10.00. The molecule has 1 N–H and O–H groups in total. The average molecular weight is 283 g/mol. The topological polar surface area (TPSA) is 63.1 Å². The van der Waals surface area contributed by atoms with Crippen molar-refractivity contribution in [3.05, 3.63) is 44.9 Å². The molecule has 0 aliphatic heterocycles. The lowest BCUT2D eigenvalue weighted by Crippen LogP contribution is -2.14. The number of rotatable bonds is 4. The summed E-state index contributed by atoms with van der Waals surface area (Å²) in [4.78, 5) is 11.3. The van der Waals surface area contributed by atoms with Crippen molar-refractivity contribution in [2.24, 2.45) is 0 Å². The second kappa shape index (κ2) is 5.46. The van der Waals surface area contributed by atoms with Gasteiger partial charge in [-0.25, -0.2) is 0 Å². The highest BCUT2D eigenvalue weighted by atomic mass is 35.5. The lowest BCUT2D eigenvalue weighted by Gasteiger charge is -2.10. The smallest absolute Gasteiger partial charge is 0.313 e. The molecule has 1 aromatic heterocycles. The van der Waals surface area contributed by atoms with Crippen LogP contribution in [0.4, 0.5) is 0 Å². The van der Waals surface area contributed by atoms with Gasteiger partial charge in [0.25, 0.3) is 0 Å². The number of aromatic nitrogens is 2. The first-order chi connectivity index (χ1) is 8.58. The highest BCUT2D eigenvalue weighted by Crippen LogP contribution is 2.27. The van der Waals surface area contributed by atoms with E-state index in [1.807, 2.05) is 18.2 Å². The van der Waals surface area contributed by atoms with Gasteiger partial charge in [-0.2, -0.15) is 0 Å². The number of hydrogen-bond donors (Lipinski definition) is 1. The van der Waals surface area contributed by atoms with Gasteiger partial charge in [0.05, 0.1) is 0 Å². The number of nitrogens with zero attached hydrogens (tertiary/aromatic N) is 2. The molecule has 0 saturated carbocycles. The van der Waals surface area contributed by atoms with Gasteiger partial charge < -0.3 is 5.11 Å². The van der Waals surface area contributed by atoms with E-state index >= 15 is 0 Å². The number of aliphatic carboxylic acids is 1. The van der Waals surface area contributed by atoms with Crippen LogP contribution in [0.15, 0.2) is 24.3 Å². The third-order valence-electron chi connectivity index (χ3n) is 2.52. The molecule has 6 heteroatoms. The van der Waals surface area contributed by atoms with Crippen LogP contribution in [0, 0.1) is 6.92 Å². The molecule has 1 aromatic carbocycles. The largest absolute Gasteiger partial charge is 0.481 e. The van der Waals surface area contributed by atoms with Crippen molar-refractivity contribution in [2.75, 3.05) is 0 Å². The van der Waals surface area contributed by atoms with E-state index < -0.39 is 11.9 Å². The number of carboxylic acids is 1. The van der Waals surface area contributed by atoms with Crippen LogP contribution < -0.4 is 0 Å². The molecule has 94 valence electrons. The Hall–Kier alpha value is -1.46. The monoisotopic (exact) mass is 282 g/mol. The Bertz CT molecular complexity index is 571. The first-order valence-corrected chi connectivity index (χ1v) is 6.53. The molecule has 0 amide bonds. The van der Waals surface area contributed by atoms with E-state index in [2.05, 4.69) is 10.2 Å². The van der Waals surface area contributed by atoms with Crippen LogP contribution in [-0.2, 0) is 11.2 Å². The molecule has 4 nitrogen and oxygen atoms in total. The maximum Gasteiger partial charge on any atom is 0.313 e. The van der Waals surface area contributed by atoms with Crippen molar-refractivity contribution < 1.29 is 9.90 Å². The van der Waals surface area contributed by atoms with E-state index in [4.69, 9.17) is 11.6 Å². The molecular weight excluding hydrogens is 272 g/mol. The van der Waals surface area contributed by atoms with Crippen LogP contribution in [0.25, 0.3) is 0 Å². The average Bonchev–Trinajstić information content (AvgIpc) is 2.74. The Morgan fingerprint density at radius 2 is 2.17 bits per heavy atom. The summed E-state index contributed by atoms with van der Waals surface area (Å²) in [7, 11) is 0. The van der Waals surface area contributed by atoms with E-state index in [-0.39, 0.29) is 0 Å². The SMILES string of the molecule is Cc1nnc(C(Cc2ccccc2Cl)C(=O)O)s1. The first kappa shape index (κ1) is 13.0. The number of aryl methyl sites for hydroxylation is 1. The molecule has 1 heterocycles. The quantitative estimate of drug-likeness (QED) is 0.936. The summed E-state index contributed by atoms with van der Waals surface area (Å²) in [5, 5.41) is 18.9. The zero-order valence-corrected chi connectivity index (χ0v) is 11.2. The van der Waals surface area contributed by atoms with Crippen molar-refractivity contribution in [1.29, 1.82) is 0 Å². The highest BCUT2D eigenvalue weighted by Gasteiger charge is 2.25. The van der Waals surface area contributed by atoms with Crippen molar-refractivity contribution >= 4 is 28.9 Å². The molecule has 0 fully saturated rings. The van der Waals surface area contributed by atoms with Gasteiger partial charge in [0.15, 0.2) is 0 Å². The summed E-state index contributed by atoms with van der Waals surface area (Å²) in [6.45, 7) is 1.80. The molecule has 0 aliphatic carbocycles. The summed E-state index contributed by atoms with van der Waals surface area (Å²) in [6, 6.07) is 7.23. The summed E-state index contributed by atoms with van der Waals surface area (Å²) >= 11 is 7.34. The number of halogens is 1. The van der Waals surface area contributed by atoms with Crippen LogP contribution in [0.3, 0.4) is 0 Å². The van der Waals surface area contributed by atoms with Gasteiger partial charge in [0.1, 0.15) is 15.9 Å². The summed E-state index contributed by atoms with van der Waals surface area (Å²) in [6.07, 6.45) is 0.323. The Kier molecular flexibility index (Phi) is 3.93. The Morgan fingerprint density at radius 1 is 1.44 bits per heavy atom. The maximum atomic E-state index is 11.3. The third kappa shape index (κ3) is 2.86. The Balaban J connectivity index is 2.28. The van der Waals surface area contributed by atoms with Crippen LogP contribution in [0.5, 0.6) is 0 Å². The van der Waals surface area contributed by atoms with Crippen LogP contribution in [0.1, 0.15) is 21.5 Å². The third-order valence-corrected chi connectivity index (χ3v) is 3.84. The van der Waals surface area contributed by atoms with Gasteiger partial charge in [-0.15, -0.1) is 21.5 Å². The van der Waals surface area contributed by atoms with E-state index in [1.165, 1.54) is 11.3 Å². The van der Waals surface area contributed by atoms with Crippen molar-refractivity contribution in [3.8, 4) is 0 Å². The number of carboxylic acid groups (broad SMARTS) is 1. The van der Waals surface area contributed by atoms with Gasteiger partial charge in [0, 0.05) is 5.02 Å². The van der Waals surface area contributed by atoms with Gasteiger partial charge in [-0.3, -0.25) is 4.79 Å². The number of hydrogen-bond acceptors (Lipinski definition) is 4. The van der Waals surface area contributed by atoms with E-state index in [0.29, 0.717) is 16.5 Å². The second-order valence-electron chi connectivity index (χ2n) is 3.85. The molecule has 0 saturated heterocycles. The number of benzene rings is 1. The number of carbonyl (C=O) groups is 1. The Labute approximate surface area is 113 Å². The second-order valence-corrected chi connectivity index (χ2v) is 5.47. The molecule has 2 aromatic rings. The molecule has 0 radical (unpaired) electrons. The molecule has 1 unspecified atom stereocenters. The predicted octanol–water partition coefficient (Wildman–Crippen LogP) is 2.91. The van der Waals surface area contributed by atoms with Gasteiger partial charge >= 0.3 is 5.97 Å². The minimum Gasteiger partial charge on any atom is -0.481 e. The van der Waals surface area contributed by atoms with E-state index in [0.717, 1.165) is 10.6 Å².